The van der Waals surface area contributed by atoms with E-state index in [-0.39, 0.29) is 0 Å². The summed E-state index contributed by atoms with van der Waals surface area (Å²) in [6.45, 7) is 2.70. The summed E-state index contributed by atoms with van der Waals surface area (Å²) >= 11 is 3.46. The number of halogens is 1. The first-order valence-corrected chi connectivity index (χ1v) is 5.71. The van der Waals surface area contributed by atoms with Crippen molar-refractivity contribution in [1.29, 1.82) is 0 Å². The second-order valence-electron chi connectivity index (χ2n) is 3.58. The number of aliphatic carboxylic acids is 1. The van der Waals surface area contributed by atoms with Gasteiger partial charge in [0.25, 0.3) is 0 Å². The Morgan fingerprint density at radius 3 is 3.00 bits per heavy atom. The number of benzene rings is 1. The molecule has 1 heterocycles. The van der Waals surface area contributed by atoms with Gasteiger partial charge in [-0.1, -0.05) is 22.0 Å². The van der Waals surface area contributed by atoms with Gasteiger partial charge in [-0.25, -0.2) is 4.79 Å². The number of likely N-dealkylation sites (N-methyl/N-ethyl adjacent to an activating group) is 1. The molecule has 80 valence electrons. The molecule has 0 aromatic heterocycles. The Kier molecular flexibility index (Phi) is 2.69. The van der Waals surface area contributed by atoms with E-state index in [0.717, 1.165) is 22.3 Å². The average Bonchev–Trinajstić information content (AvgIpc) is 2.57. The third-order valence-electron chi connectivity index (χ3n) is 2.80. The summed E-state index contributed by atoms with van der Waals surface area (Å²) in [5, 5.41) is 9.12. The minimum atomic E-state index is -0.750. The van der Waals surface area contributed by atoms with E-state index in [1.165, 1.54) is 0 Å². The van der Waals surface area contributed by atoms with E-state index in [4.69, 9.17) is 5.11 Å². The Hall–Kier alpha value is -1.03. The molecule has 0 spiro atoms. The summed E-state index contributed by atoms with van der Waals surface area (Å²) in [5.74, 6) is -0.750. The number of carboxylic acid groups (broad SMARTS) is 1. The summed E-state index contributed by atoms with van der Waals surface area (Å²) in [5.41, 5.74) is 2.14. The molecule has 0 radical (unpaired) electrons. The summed E-state index contributed by atoms with van der Waals surface area (Å²) in [6, 6.07) is 5.46. The minimum Gasteiger partial charge on any atom is -0.480 e. The molecule has 0 amide bonds. The van der Waals surface area contributed by atoms with Crippen LogP contribution in [0, 0.1) is 0 Å². The molecule has 1 N–H and O–H groups in total. The van der Waals surface area contributed by atoms with Gasteiger partial charge < -0.3 is 10.0 Å². The predicted octanol–water partition coefficient (Wildman–Crippen LogP) is 2.28. The molecule has 2 rings (SSSR count). The molecule has 1 aromatic rings. The van der Waals surface area contributed by atoms with Crippen LogP contribution in [-0.4, -0.2) is 23.7 Å². The van der Waals surface area contributed by atoms with Crippen molar-refractivity contribution in [1.82, 2.24) is 0 Å². The standard InChI is InChI=1S/C11H12BrNO2/c1-2-13-9-5-3-4-8(12)7(9)6-10(13)11(14)15/h3-5,10H,2,6H2,1H3,(H,14,15). The Balaban J connectivity index is 2.45. The fourth-order valence-electron chi connectivity index (χ4n) is 2.10. The third-order valence-corrected chi connectivity index (χ3v) is 3.55. The molecule has 1 aliphatic heterocycles. The lowest BCUT2D eigenvalue weighted by Gasteiger charge is -2.22. The quantitative estimate of drug-likeness (QED) is 0.896. The molecule has 0 bridgehead atoms. The first-order valence-electron chi connectivity index (χ1n) is 4.92. The summed E-state index contributed by atoms with van der Waals surface area (Å²) in [7, 11) is 0. The molecule has 3 nitrogen and oxygen atoms in total. The molecule has 1 aromatic carbocycles. The molecule has 0 aliphatic carbocycles. The van der Waals surface area contributed by atoms with Crippen molar-refractivity contribution >= 4 is 27.6 Å². The fourth-order valence-corrected chi connectivity index (χ4v) is 2.62. The van der Waals surface area contributed by atoms with Crippen LogP contribution in [0.3, 0.4) is 0 Å². The van der Waals surface area contributed by atoms with Gasteiger partial charge in [-0.05, 0) is 24.6 Å². The third kappa shape index (κ3) is 1.63. The number of carbonyl (C=O) groups is 1. The first-order chi connectivity index (χ1) is 7.15. The van der Waals surface area contributed by atoms with Crippen LogP contribution >= 0.6 is 15.9 Å². The van der Waals surface area contributed by atoms with Gasteiger partial charge in [-0.15, -0.1) is 0 Å². The normalized spacial score (nSPS) is 19.1. The van der Waals surface area contributed by atoms with Crippen LogP contribution in [0.15, 0.2) is 22.7 Å². The lowest BCUT2D eigenvalue weighted by Crippen LogP contribution is -2.38. The zero-order chi connectivity index (χ0) is 11.0. The molecule has 15 heavy (non-hydrogen) atoms. The maximum absolute atomic E-state index is 11.1. The maximum atomic E-state index is 11.1. The predicted molar refractivity (Wildman–Crippen MR) is 62.3 cm³/mol. The fraction of sp³-hybridized carbons (Fsp3) is 0.364. The van der Waals surface area contributed by atoms with E-state index in [0.29, 0.717) is 6.42 Å². The minimum absolute atomic E-state index is 0.413. The van der Waals surface area contributed by atoms with Crippen molar-refractivity contribution in [3.8, 4) is 0 Å². The van der Waals surface area contributed by atoms with Crippen molar-refractivity contribution in [2.45, 2.75) is 19.4 Å². The summed E-state index contributed by atoms with van der Waals surface area (Å²) < 4.78 is 1.00. The van der Waals surface area contributed by atoms with Crippen LogP contribution in [0.25, 0.3) is 0 Å². The molecule has 0 fully saturated rings. The highest BCUT2D eigenvalue weighted by Crippen LogP contribution is 2.36. The number of hydrogen-bond donors (Lipinski definition) is 1. The molecule has 4 heteroatoms. The molecule has 1 unspecified atom stereocenters. The van der Waals surface area contributed by atoms with E-state index in [2.05, 4.69) is 15.9 Å². The molecule has 1 atom stereocenters. The Morgan fingerprint density at radius 2 is 2.40 bits per heavy atom. The number of hydrogen-bond acceptors (Lipinski definition) is 2. The van der Waals surface area contributed by atoms with E-state index < -0.39 is 12.0 Å². The van der Waals surface area contributed by atoms with E-state index in [1.54, 1.807) is 0 Å². The highest BCUT2D eigenvalue weighted by molar-refractivity contribution is 9.10. The number of fused-ring (bicyclic) bond motifs is 1. The van der Waals surface area contributed by atoms with Crippen molar-refractivity contribution in [2.75, 3.05) is 11.4 Å². The number of carboxylic acids is 1. The lowest BCUT2D eigenvalue weighted by atomic mass is 10.1. The smallest absolute Gasteiger partial charge is 0.326 e. The van der Waals surface area contributed by atoms with E-state index >= 15 is 0 Å². The SMILES string of the molecule is CCN1c2cccc(Br)c2CC1C(=O)O. The largest absolute Gasteiger partial charge is 0.480 e. The van der Waals surface area contributed by atoms with Crippen LogP contribution in [0.4, 0.5) is 5.69 Å². The zero-order valence-electron chi connectivity index (χ0n) is 8.40. The van der Waals surface area contributed by atoms with Crippen LogP contribution in [0.1, 0.15) is 12.5 Å². The lowest BCUT2D eigenvalue weighted by molar-refractivity contribution is -0.138. The van der Waals surface area contributed by atoms with Crippen LogP contribution in [-0.2, 0) is 11.2 Å². The average molecular weight is 270 g/mol. The van der Waals surface area contributed by atoms with Crippen molar-refractivity contribution in [3.05, 3.63) is 28.2 Å². The van der Waals surface area contributed by atoms with Gasteiger partial charge >= 0.3 is 5.97 Å². The Bertz CT molecular complexity index is 406. The van der Waals surface area contributed by atoms with Gasteiger partial charge in [-0.2, -0.15) is 0 Å². The monoisotopic (exact) mass is 269 g/mol. The van der Waals surface area contributed by atoms with E-state index in [9.17, 15) is 4.79 Å². The van der Waals surface area contributed by atoms with Gasteiger partial charge in [0.15, 0.2) is 0 Å². The van der Waals surface area contributed by atoms with Crippen molar-refractivity contribution in [3.63, 3.8) is 0 Å². The Morgan fingerprint density at radius 1 is 1.67 bits per heavy atom. The number of rotatable bonds is 2. The van der Waals surface area contributed by atoms with Crippen LogP contribution in [0.2, 0.25) is 0 Å². The first kappa shape index (κ1) is 10.5. The summed E-state index contributed by atoms with van der Waals surface area (Å²) in [4.78, 5) is 13.0. The number of anilines is 1. The van der Waals surface area contributed by atoms with Crippen molar-refractivity contribution < 1.29 is 9.90 Å². The highest BCUT2D eigenvalue weighted by Gasteiger charge is 2.34. The zero-order valence-corrected chi connectivity index (χ0v) is 9.99. The van der Waals surface area contributed by atoms with Crippen molar-refractivity contribution in [2.24, 2.45) is 0 Å². The number of nitrogens with zero attached hydrogens (tertiary/aromatic N) is 1. The second-order valence-corrected chi connectivity index (χ2v) is 4.44. The molecule has 1 aliphatic rings. The highest BCUT2D eigenvalue weighted by atomic mass is 79.9. The topological polar surface area (TPSA) is 40.5 Å². The van der Waals surface area contributed by atoms with Gasteiger partial charge in [0.2, 0.25) is 0 Å². The maximum Gasteiger partial charge on any atom is 0.326 e. The molecule has 0 saturated carbocycles. The van der Waals surface area contributed by atoms with Gasteiger partial charge in [0.1, 0.15) is 6.04 Å². The molecular weight excluding hydrogens is 258 g/mol. The molecule has 0 saturated heterocycles. The van der Waals surface area contributed by atoms with Crippen LogP contribution in [0.5, 0.6) is 0 Å². The Labute approximate surface area is 96.8 Å². The second kappa shape index (κ2) is 3.85. The van der Waals surface area contributed by atoms with E-state index in [1.807, 2.05) is 30.0 Å². The van der Waals surface area contributed by atoms with Gasteiger partial charge in [0.05, 0.1) is 0 Å². The van der Waals surface area contributed by atoms with Gasteiger partial charge in [0, 0.05) is 23.1 Å². The summed E-state index contributed by atoms with van der Waals surface area (Å²) in [6.07, 6.45) is 0.583. The van der Waals surface area contributed by atoms with Gasteiger partial charge in [-0.3, -0.25) is 0 Å². The van der Waals surface area contributed by atoms with Crippen LogP contribution < -0.4 is 4.90 Å². The molecular formula is C11H12BrNO2.